The number of aryl methyl sites for hydroxylation is 1. The largest absolute Gasteiger partial charge is 0.0804 e. The van der Waals surface area contributed by atoms with Crippen molar-refractivity contribution in [3.05, 3.63) is 65.7 Å². The summed E-state index contributed by atoms with van der Waals surface area (Å²) in [5, 5.41) is 0. The Hall–Kier alpha value is -1.82. The average Bonchev–Trinajstić information content (AvgIpc) is 2.73. The van der Waals surface area contributed by atoms with E-state index >= 15 is 0 Å². The summed E-state index contributed by atoms with van der Waals surface area (Å²) in [5.41, 5.74) is 7.10. The molecule has 0 N–H and O–H groups in total. The van der Waals surface area contributed by atoms with Gasteiger partial charge in [0.1, 0.15) is 0 Å². The van der Waals surface area contributed by atoms with Crippen LogP contribution < -0.4 is 0 Å². The summed E-state index contributed by atoms with van der Waals surface area (Å²) >= 11 is 0. The van der Waals surface area contributed by atoms with Gasteiger partial charge in [-0.2, -0.15) is 0 Å². The van der Waals surface area contributed by atoms with Gasteiger partial charge >= 0.3 is 0 Å². The van der Waals surface area contributed by atoms with Crippen molar-refractivity contribution >= 4 is 5.57 Å². The van der Waals surface area contributed by atoms with Crippen LogP contribution in [0.25, 0.3) is 16.7 Å². The zero-order valence-corrected chi connectivity index (χ0v) is 17.3. The Morgan fingerprint density at radius 3 is 1.96 bits per heavy atom. The summed E-state index contributed by atoms with van der Waals surface area (Å²) in [7, 11) is 0. The number of hydrogen-bond acceptors (Lipinski definition) is 0. The molecule has 0 saturated heterocycles. The third kappa shape index (κ3) is 5.83. The molecule has 0 nitrogen and oxygen atoms in total. The van der Waals surface area contributed by atoms with Crippen molar-refractivity contribution in [3.8, 4) is 11.1 Å². The van der Waals surface area contributed by atoms with Crippen LogP contribution in [0.5, 0.6) is 0 Å². The van der Waals surface area contributed by atoms with Gasteiger partial charge in [0.25, 0.3) is 0 Å². The van der Waals surface area contributed by atoms with Gasteiger partial charge in [0, 0.05) is 0 Å². The average molecular weight is 361 g/mol. The maximum absolute atomic E-state index is 2.50. The third-order valence-corrected chi connectivity index (χ3v) is 6.10. The highest BCUT2D eigenvalue weighted by Gasteiger charge is 2.15. The summed E-state index contributed by atoms with van der Waals surface area (Å²) in [6, 6.07) is 18.4. The third-order valence-electron chi connectivity index (χ3n) is 6.10. The predicted molar refractivity (Wildman–Crippen MR) is 120 cm³/mol. The Bertz CT molecular complexity index is 703. The molecule has 0 aromatic heterocycles. The molecule has 0 bridgehead atoms. The fraction of sp³-hybridized carbons (Fsp3) is 0.481. The second-order valence-electron chi connectivity index (χ2n) is 8.24. The maximum atomic E-state index is 2.50. The van der Waals surface area contributed by atoms with Crippen LogP contribution in [0, 0.1) is 5.92 Å². The Morgan fingerprint density at radius 1 is 0.741 bits per heavy atom. The normalized spacial score (nSPS) is 17.0. The topological polar surface area (TPSA) is 0 Å². The molecule has 0 aliphatic heterocycles. The fourth-order valence-electron chi connectivity index (χ4n) is 4.23. The molecule has 1 atom stereocenters. The number of hydrogen-bond donors (Lipinski definition) is 0. The lowest BCUT2D eigenvalue weighted by Crippen LogP contribution is -2.05. The van der Waals surface area contributed by atoms with Gasteiger partial charge in [0.2, 0.25) is 0 Å². The van der Waals surface area contributed by atoms with Gasteiger partial charge in [-0.3, -0.25) is 0 Å². The van der Waals surface area contributed by atoms with Crippen molar-refractivity contribution in [2.45, 2.75) is 78.1 Å². The quantitative estimate of drug-likeness (QED) is 0.393. The van der Waals surface area contributed by atoms with Crippen molar-refractivity contribution in [2.75, 3.05) is 0 Å². The molecule has 0 spiro atoms. The molecular weight excluding hydrogens is 324 g/mol. The summed E-state index contributed by atoms with van der Waals surface area (Å²) in [5.74, 6) is 0.920. The van der Waals surface area contributed by atoms with E-state index in [1.165, 1.54) is 86.5 Å². The molecule has 0 saturated carbocycles. The van der Waals surface area contributed by atoms with Gasteiger partial charge in [-0.05, 0) is 65.8 Å². The smallest absolute Gasteiger partial charge is 0.0184 e. The molecular formula is C27H36. The summed E-state index contributed by atoms with van der Waals surface area (Å²) in [6.45, 7) is 4.56. The summed E-state index contributed by atoms with van der Waals surface area (Å²) in [4.78, 5) is 0. The van der Waals surface area contributed by atoms with Gasteiger partial charge < -0.3 is 0 Å². The second kappa shape index (κ2) is 10.5. The Balaban J connectivity index is 1.59. The van der Waals surface area contributed by atoms with E-state index in [0.717, 1.165) is 5.92 Å². The van der Waals surface area contributed by atoms with E-state index in [1.54, 1.807) is 5.57 Å². The molecule has 0 fully saturated rings. The number of unbranched alkanes of at least 4 members (excludes halogenated alkanes) is 3. The van der Waals surface area contributed by atoms with Crippen LogP contribution in [-0.2, 0) is 6.42 Å². The minimum Gasteiger partial charge on any atom is -0.0804 e. The zero-order valence-electron chi connectivity index (χ0n) is 17.3. The molecule has 144 valence electrons. The SMILES string of the molecule is CCCCCc1ccc(-c2ccc(C3=CCC(CCCC)CC3)cc2)cc1. The highest BCUT2D eigenvalue weighted by Crippen LogP contribution is 2.33. The molecule has 2 aromatic rings. The standard InChI is InChI=1S/C27H36/c1-3-5-7-9-23-12-16-25(17-13-23)27-20-18-26(19-21-27)24-14-10-22(11-15-24)8-6-4-2/h12-14,16-22H,3-11,15H2,1-2H3. The first-order chi connectivity index (χ1) is 13.3. The minimum absolute atomic E-state index is 0.920. The summed E-state index contributed by atoms with van der Waals surface area (Å²) < 4.78 is 0. The highest BCUT2D eigenvalue weighted by atomic mass is 14.2. The zero-order chi connectivity index (χ0) is 18.9. The van der Waals surface area contributed by atoms with E-state index in [1.807, 2.05) is 0 Å². The van der Waals surface area contributed by atoms with Crippen LogP contribution in [0.2, 0.25) is 0 Å². The minimum atomic E-state index is 0.920. The first kappa shape index (κ1) is 19.9. The molecule has 3 rings (SSSR count). The van der Waals surface area contributed by atoms with E-state index in [0.29, 0.717) is 0 Å². The highest BCUT2D eigenvalue weighted by molar-refractivity contribution is 5.71. The van der Waals surface area contributed by atoms with Crippen LogP contribution >= 0.6 is 0 Å². The van der Waals surface area contributed by atoms with Crippen molar-refractivity contribution in [1.29, 1.82) is 0 Å². The van der Waals surface area contributed by atoms with Crippen LogP contribution in [0.15, 0.2) is 54.6 Å². The molecule has 27 heavy (non-hydrogen) atoms. The van der Waals surface area contributed by atoms with Crippen molar-refractivity contribution in [2.24, 2.45) is 5.92 Å². The lowest BCUT2D eigenvalue weighted by Gasteiger charge is -2.22. The number of allylic oxidation sites excluding steroid dienone is 2. The summed E-state index contributed by atoms with van der Waals surface area (Å²) in [6.07, 6.45) is 15.7. The number of rotatable bonds is 9. The molecule has 2 aromatic carbocycles. The fourth-order valence-corrected chi connectivity index (χ4v) is 4.23. The van der Waals surface area contributed by atoms with Crippen molar-refractivity contribution < 1.29 is 0 Å². The van der Waals surface area contributed by atoms with Gasteiger partial charge in [0.15, 0.2) is 0 Å². The van der Waals surface area contributed by atoms with Crippen LogP contribution in [0.1, 0.15) is 82.8 Å². The first-order valence-electron chi connectivity index (χ1n) is 11.2. The monoisotopic (exact) mass is 360 g/mol. The lowest BCUT2D eigenvalue weighted by atomic mass is 9.84. The van der Waals surface area contributed by atoms with Gasteiger partial charge in [0.05, 0.1) is 0 Å². The van der Waals surface area contributed by atoms with E-state index in [9.17, 15) is 0 Å². The lowest BCUT2D eigenvalue weighted by molar-refractivity contribution is 0.434. The Kier molecular flexibility index (Phi) is 7.75. The van der Waals surface area contributed by atoms with Crippen molar-refractivity contribution in [3.63, 3.8) is 0 Å². The van der Waals surface area contributed by atoms with Crippen LogP contribution in [0.4, 0.5) is 0 Å². The Labute approximate surface area is 166 Å². The van der Waals surface area contributed by atoms with Crippen LogP contribution in [0.3, 0.4) is 0 Å². The van der Waals surface area contributed by atoms with E-state index in [4.69, 9.17) is 0 Å². The van der Waals surface area contributed by atoms with E-state index < -0.39 is 0 Å². The molecule has 1 aliphatic carbocycles. The molecule has 0 radical (unpaired) electrons. The molecule has 0 amide bonds. The van der Waals surface area contributed by atoms with E-state index in [-0.39, 0.29) is 0 Å². The van der Waals surface area contributed by atoms with Gasteiger partial charge in [-0.1, -0.05) is 101 Å². The maximum Gasteiger partial charge on any atom is -0.0184 e. The Morgan fingerprint density at radius 2 is 1.37 bits per heavy atom. The van der Waals surface area contributed by atoms with E-state index in [2.05, 4.69) is 68.5 Å². The molecule has 1 aliphatic rings. The molecule has 0 heteroatoms. The predicted octanol–water partition coefficient (Wildman–Crippen LogP) is 8.46. The van der Waals surface area contributed by atoms with Gasteiger partial charge in [-0.15, -0.1) is 0 Å². The molecule has 0 heterocycles. The van der Waals surface area contributed by atoms with Crippen molar-refractivity contribution in [1.82, 2.24) is 0 Å². The van der Waals surface area contributed by atoms with Gasteiger partial charge in [-0.25, -0.2) is 0 Å². The molecule has 1 unspecified atom stereocenters. The second-order valence-corrected chi connectivity index (χ2v) is 8.24. The first-order valence-corrected chi connectivity index (χ1v) is 11.2. The number of benzene rings is 2. The van der Waals surface area contributed by atoms with Crippen LogP contribution in [-0.4, -0.2) is 0 Å².